The van der Waals surface area contributed by atoms with Gasteiger partial charge in [-0.3, -0.25) is 14.3 Å². The smallest absolute Gasteiger partial charge is 0.383 e. The lowest BCUT2D eigenvalue weighted by Crippen LogP contribution is -2.39. The topological polar surface area (TPSA) is 76.5 Å². The number of halogens is 4. The zero-order valence-electron chi connectivity index (χ0n) is 20.6. The minimum absolute atomic E-state index is 0.175. The Morgan fingerprint density at radius 1 is 1.14 bits per heavy atom. The van der Waals surface area contributed by atoms with E-state index in [4.69, 9.17) is 4.74 Å². The van der Waals surface area contributed by atoms with E-state index in [1.54, 1.807) is 13.2 Å². The highest BCUT2D eigenvalue weighted by atomic mass is 19.4. The number of methoxy groups -OCH3 is 1. The van der Waals surface area contributed by atoms with E-state index in [-0.39, 0.29) is 17.4 Å². The summed E-state index contributed by atoms with van der Waals surface area (Å²) in [5, 5.41) is 8.33. The summed E-state index contributed by atoms with van der Waals surface area (Å²) in [7, 11) is 1.57. The molecule has 1 fully saturated rings. The van der Waals surface area contributed by atoms with Crippen molar-refractivity contribution in [2.24, 2.45) is 5.92 Å². The highest BCUT2D eigenvalue weighted by molar-refractivity contribution is 6.00. The third-order valence-electron chi connectivity index (χ3n) is 6.72. The Morgan fingerprint density at radius 2 is 1.84 bits per heavy atom. The van der Waals surface area contributed by atoms with E-state index in [1.807, 2.05) is 23.9 Å². The van der Waals surface area contributed by atoms with Gasteiger partial charge in [-0.25, -0.2) is 4.39 Å². The first-order valence-electron chi connectivity index (χ1n) is 12.0. The van der Waals surface area contributed by atoms with Crippen molar-refractivity contribution < 1.29 is 31.9 Å². The maximum absolute atomic E-state index is 14.3. The molecular weight excluding hydrogens is 492 g/mol. The van der Waals surface area contributed by atoms with Crippen LogP contribution in [0, 0.1) is 18.7 Å². The predicted octanol–water partition coefficient (Wildman–Crippen LogP) is 4.43. The first-order valence-corrected chi connectivity index (χ1v) is 12.0. The Hall–Kier alpha value is -3.47. The van der Waals surface area contributed by atoms with Crippen LogP contribution in [0.4, 0.5) is 17.6 Å². The number of likely N-dealkylation sites (tertiary alicyclic amines) is 1. The molecule has 0 aliphatic carbocycles. The standard InChI is InChI=1S/C26H28F4N4O3/c1-16-19(24(35)31-9-12-37-2)5-6-23-21(16)15-34(32-23)14-17-7-10-33(11-8-17)25(36)20-4-3-18(13-22(20)27)26(28,29)30/h3-6,13,15,17H,7-12,14H2,1-2H3,(H,31,35). The minimum Gasteiger partial charge on any atom is -0.383 e. The van der Waals surface area contributed by atoms with E-state index in [1.165, 1.54) is 4.90 Å². The molecule has 37 heavy (non-hydrogen) atoms. The van der Waals surface area contributed by atoms with Crippen molar-refractivity contribution in [3.63, 3.8) is 0 Å². The summed E-state index contributed by atoms with van der Waals surface area (Å²) in [6.45, 7) is 4.07. The summed E-state index contributed by atoms with van der Waals surface area (Å²) in [5.74, 6) is -1.74. The molecule has 1 N–H and O–H groups in total. The largest absolute Gasteiger partial charge is 0.416 e. The number of nitrogens with zero attached hydrogens (tertiary/aromatic N) is 3. The maximum atomic E-state index is 14.3. The molecule has 4 rings (SSSR count). The quantitative estimate of drug-likeness (QED) is 0.370. The van der Waals surface area contributed by atoms with Gasteiger partial charge in [0.15, 0.2) is 0 Å². The van der Waals surface area contributed by atoms with Crippen molar-refractivity contribution in [2.45, 2.75) is 32.5 Å². The Labute approximate surface area is 211 Å². The molecule has 2 aromatic carbocycles. The van der Waals surface area contributed by atoms with E-state index < -0.39 is 23.5 Å². The first-order chi connectivity index (χ1) is 17.6. The fourth-order valence-electron chi connectivity index (χ4n) is 4.60. The highest BCUT2D eigenvalue weighted by Gasteiger charge is 2.33. The number of rotatable bonds is 7. The van der Waals surface area contributed by atoms with Gasteiger partial charge in [0.1, 0.15) is 5.82 Å². The van der Waals surface area contributed by atoms with E-state index in [0.29, 0.717) is 57.3 Å². The van der Waals surface area contributed by atoms with Gasteiger partial charge in [0.25, 0.3) is 11.8 Å². The average molecular weight is 521 g/mol. The number of aryl methyl sites for hydroxylation is 1. The number of hydrogen-bond donors (Lipinski definition) is 1. The molecule has 1 aliphatic heterocycles. The summed E-state index contributed by atoms with van der Waals surface area (Å²) in [4.78, 5) is 26.7. The number of piperidine rings is 1. The van der Waals surface area contributed by atoms with Gasteiger partial charge >= 0.3 is 6.18 Å². The lowest BCUT2D eigenvalue weighted by molar-refractivity contribution is -0.137. The second-order valence-corrected chi connectivity index (χ2v) is 9.20. The fraction of sp³-hybridized carbons (Fsp3) is 0.423. The molecular formula is C26H28F4N4O3. The van der Waals surface area contributed by atoms with Crippen LogP contribution in [0.5, 0.6) is 0 Å². The molecule has 0 unspecified atom stereocenters. The number of benzene rings is 2. The number of amides is 2. The van der Waals surface area contributed by atoms with Crippen molar-refractivity contribution in [3.05, 3.63) is 64.6 Å². The number of hydrogen-bond acceptors (Lipinski definition) is 4. The lowest BCUT2D eigenvalue weighted by atomic mass is 9.96. The summed E-state index contributed by atoms with van der Waals surface area (Å²) in [6.07, 6.45) is -1.47. The predicted molar refractivity (Wildman–Crippen MR) is 129 cm³/mol. The number of ether oxygens (including phenoxy) is 1. The third kappa shape index (κ3) is 5.93. The van der Waals surface area contributed by atoms with E-state index in [9.17, 15) is 27.2 Å². The molecule has 1 aliphatic rings. The SMILES string of the molecule is COCCNC(=O)c1ccc2nn(CC3CCN(C(=O)c4ccc(C(F)(F)F)cc4F)CC3)cc2c1C. The summed E-state index contributed by atoms with van der Waals surface area (Å²) >= 11 is 0. The van der Waals surface area contributed by atoms with Crippen molar-refractivity contribution >= 4 is 22.7 Å². The van der Waals surface area contributed by atoms with Gasteiger partial charge in [-0.2, -0.15) is 18.3 Å². The molecule has 2 heterocycles. The Morgan fingerprint density at radius 3 is 2.49 bits per heavy atom. The lowest BCUT2D eigenvalue weighted by Gasteiger charge is -2.32. The molecule has 1 saturated heterocycles. The summed E-state index contributed by atoms with van der Waals surface area (Å²) < 4.78 is 59.4. The van der Waals surface area contributed by atoms with Gasteiger partial charge < -0.3 is 15.0 Å². The van der Waals surface area contributed by atoms with Crippen LogP contribution in [0.3, 0.4) is 0 Å². The fourth-order valence-corrected chi connectivity index (χ4v) is 4.60. The average Bonchev–Trinajstić information content (AvgIpc) is 3.27. The van der Waals surface area contributed by atoms with Crippen molar-refractivity contribution in [2.75, 3.05) is 33.4 Å². The molecule has 0 spiro atoms. The number of aromatic nitrogens is 2. The Balaban J connectivity index is 1.38. The van der Waals surface area contributed by atoms with Crippen molar-refractivity contribution in [1.82, 2.24) is 20.0 Å². The zero-order valence-corrected chi connectivity index (χ0v) is 20.6. The second kappa shape index (κ2) is 10.9. The molecule has 198 valence electrons. The van der Waals surface area contributed by atoms with Crippen molar-refractivity contribution in [3.8, 4) is 0 Å². The Kier molecular flexibility index (Phi) is 7.82. The van der Waals surface area contributed by atoms with Gasteiger partial charge in [0.2, 0.25) is 0 Å². The van der Waals surface area contributed by atoms with E-state index in [0.717, 1.165) is 28.6 Å². The molecule has 1 aromatic heterocycles. The van der Waals surface area contributed by atoms with Gasteiger partial charge in [-0.1, -0.05) is 0 Å². The third-order valence-corrected chi connectivity index (χ3v) is 6.72. The molecule has 0 atom stereocenters. The van der Waals surface area contributed by atoms with Crippen molar-refractivity contribution in [1.29, 1.82) is 0 Å². The number of carbonyl (C=O) groups excluding carboxylic acids is 2. The molecule has 3 aromatic rings. The molecule has 7 nitrogen and oxygen atoms in total. The molecule has 0 saturated carbocycles. The number of fused-ring (bicyclic) bond motifs is 1. The van der Waals surface area contributed by atoms with Crippen LogP contribution in [-0.2, 0) is 17.5 Å². The van der Waals surface area contributed by atoms with Gasteiger partial charge in [0, 0.05) is 50.4 Å². The van der Waals surface area contributed by atoms with Crippen LogP contribution in [0.25, 0.3) is 10.9 Å². The van der Waals surface area contributed by atoms with Crippen LogP contribution in [-0.4, -0.2) is 59.8 Å². The van der Waals surface area contributed by atoms with E-state index in [2.05, 4.69) is 10.4 Å². The maximum Gasteiger partial charge on any atom is 0.416 e. The van der Waals surface area contributed by atoms with Gasteiger partial charge in [-0.15, -0.1) is 0 Å². The second-order valence-electron chi connectivity index (χ2n) is 9.20. The molecule has 2 amide bonds. The van der Waals surface area contributed by atoms with Crippen LogP contribution in [0.15, 0.2) is 36.5 Å². The molecule has 0 bridgehead atoms. The highest BCUT2D eigenvalue weighted by Crippen LogP contribution is 2.31. The number of nitrogens with one attached hydrogen (secondary N) is 1. The first kappa shape index (κ1) is 26.6. The molecule has 11 heteroatoms. The van der Waals surface area contributed by atoms with Crippen LogP contribution in [0.2, 0.25) is 0 Å². The Bertz CT molecular complexity index is 1300. The van der Waals surface area contributed by atoms with Crippen LogP contribution >= 0.6 is 0 Å². The number of carbonyl (C=O) groups is 2. The summed E-state index contributed by atoms with van der Waals surface area (Å²) in [5.41, 5.74) is 0.697. The van der Waals surface area contributed by atoms with Crippen LogP contribution in [0.1, 0.15) is 44.7 Å². The molecule has 0 radical (unpaired) electrons. The zero-order chi connectivity index (χ0) is 26.7. The normalized spacial score (nSPS) is 14.8. The van der Waals surface area contributed by atoms with E-state index >= 15 is 0 Å². The summed E-state index contributed by atoms with van der Waals surface area (Å²) in [6, 6.07) is 5.54. The van der Waals surface area contributed by atoms with Gasteiger partial charge in [0.05, 0.1) is 23.3 Å². The van der Waals surface area contributed by atoms with Gasteiger partial charge in [-0.05, 0) is 61.6 Å². The number of alkyl halides is 3. The minimum atomic E-state index is -4.67. The van der Waals surface area contributed by atoms with Crippen LogP contribution < -0.4 is 5.32 Å². The monoisotopic (exact) mass is 520 g/mol.